The molecule has 0 saturated heterocycles. The molecule has 0 unspecified atom stereocenters. The summed E-state index contributed by atoms with van der Waals surface area (Å²) in [7, 11) is 2.72. The maximum absolute atomic E-state index is 13.0. The number of hydrogen-bond acceptors (Lipinski definition) is 14. The Morgan fingerprint density at radius 3 is 0.759 bits per heavy atom. The molecule has 16 heteroatoms. The highest BCUT2D eigenvalue weighted by Gasteiger charge is 2.43. The Morgan fingerprint density at radius 2 is 0.537 bits per heavy atom. The molecule has 0 aromatic heterocycles. The van der Waals surface area contributed by atoms with Gasteiger partial charge in [-0.3, -0.25) is 35.1 Å². The number of hydrogen-bond donors (Lipinski definition) is 7. The third-order valence-corrected chi connectivity index (χ3v) is 18.0. The normalized spacial score (nSPS) is 12.2. The number of aliphatic carboxylic acids is 2. The highest BCUT2D eigenvalue weighted by atomic mass is 16.5. The largest absolute Gasteiger partial charge is 0.491 e. The van der Waals surface area contributed by atoms with Gasteiger partial charge in [-0.1, -0.05) is 309 Å². The summed E-state index contributed by atoms with van der Waals surface area (Å²) >= 11 is 0. The smallest absolute Gasteiger partial charge is 0.326 e. The molecule has 108 heavy (non-hydrogen) atoms. The third-order valence-electron chi connectivity index (χ3n) is 18.0. The molecule has 0 saturated carbocycles. The van der Waals surface area contributed by atoms with Crippen LogP contribution in [-0.4, -0.2) is 104 Å². The lowest BCUT2D eigenvalue weighted by atomic mass is 9.76. The molecule has 0 heterocycles. The summed E-state index contributed by atoms with van der Waals surface area (Å²) < 4.78 is 27.3. The van der Waals surface area contributed by atoms with Gasteiger partial charge >= 0.3 is 23.9 Å². The first-order chi connectivity index (χ1) is 52.5. The standard InChI is InChI=1S/C30H29NO3.C29H27NO3.C23H23NO3.C10H13NO3/c1-23-13-12-20-27(21-23)34-22-28(29(32)33-2)31-30(24-14-6-3-7-15-24,25-16-8-4-9-17-25)26-18-10-5-11-19-26;1-22-12-11-19-26(20-22)33-21-27(28(31)32)30-29(23-13-5-2-6-14-23,24-15-7-3-8-16-24)25-17-9-4-10-18-25;1-27-22(26)21(17-25)24-23(18-11-5-2-6-12-18,19-13-7-3-8-14-19)20-15-9-4-10-16-20;1-7-3-2-4-8(5-7)14-6-9(11)10(12)13/h3-21,28,31H,22H2,1-2H3;2-20,27,30H,21H2,1H3,(H,31,32);2-16,21,24-25H,17H2,1H3;2-5,9H,6,11H2,1H3,(H,12,13)/t28-;27-;21-;9-/m0000/s1. The first-order valence-electron chi connectivity index (χ1n) is 35.4. The number of aliphatic hydroxyl groups excluding tert-OH is 1. The zero-order valence-corrected chi connectivity index (χ0v) is 61.1. The lowest BCUT2D eigenvalue weighted by Gasteiger charge is -2.39. The van der Waals surface area contributed by atoms with Crippen LogP contribution in [0.3, 0.4) is 0 Å². The quantitative estimate of drug-likeness (QED) is 0.0170. The number of carbonyl (C=O) groups is 4. The summed E-state index contributed by atoms with van der Waals surface area (Å²) in [5, 5.41) is 39.1. The number of aliphatic hydroxyl groups is 1. The van der Waals surface area contributed by atoms with Crippen molar-refractivity contribution in [3.05, 3.63) is 413 Å². The maximum atomic E-state index is 13.0. The molecule has 0 fully saturated rings. The van der Waals surface area contributed by atoms with Crippen LogP contribution in [0.4, 0.5) is 0 Å². The summed E-state index contributed by atoms with van der Waals surface area (Å²) in [6.07, 6.45) is 0. The van der Waals surface area contributed by atoms with E-state index in [9.17, 15) is 29.4 Å². The topological polar surface area (TPSA) is 237 Å². The molecular weight excluding hydrogens is 1350 g/mol. The van der Waals surface area contributed by atoms with E-state index in [2.05, 4.69) is 52.3 Å². The molecule has 0 radical (unpaired) electrons. The van der Waals surface area contributed by atoms with Crippen molar-refractivity contribution in [3.63, 3.8) is 0 Å². The van der Waals surface area contributed by atoms with Crippen molar-refractivity contribution in [2.45, 2.75) is 61.6 Å². The number of carbonyl (C=O) groups excluding carboxylic acids is 2. The predicted molar refractivity (Wildman–Crippen MR) is 423 cm³/mol. The molecule has 0 amide bonds. The van der Waals surface area contributed by atoms with Crippen LogP contribution in [0.1, 0.15) is 66.8 Å². The number of aryl methyl sites for hydroxylation is 3. The Morgan fingerprint density at radius 1 is 0.315 bits per heavy atom. The minimum Gasteiger partial charge on any atom is -0.491 e. The minimum absolute atomic E-state index is 0.0151. The van der Waals surface area contributed by atoms with Crippen molar-refractivity contribution >= 4 is 23.9 Å². The molecule has 16 nitrogen and oxygen atoms in total. The number of nitrogens with one attached hydrogen (secondary N) is 3. The Balaban J connectivity index is 0.000000172. The van der Waals surface area contributed by atoms with Crippen LogP contribution in [-0.2, 0) is 45.3 Å². The number of benzene rings is 12. The molecule has 552 valence electrons. The van der Waals surface area contributed by atoms with Crippen molar-refractivity contribution in [1.82, 2.24) is 16.0 Å². The van der Waals surface area contributed by atoms with Gasteiger partial charge in [0.1, 0.15) is 61.2 Å². The number of methoxy groups -OCH3 is 2. The average molecular weight is 1450 g/mol. The fraction of sp³-hybridized carbons (Fsp3) is 0.174. The van der Waals surface area contributed by atoms with Crippen molar-refractivity contribution in [2.75, 3.05) is 40.6 Å². The second kappa shape index (κ2) is 40.3. The van der Waals surface area contributed by atoms with E-state index in [1.165, 1.54) is 14.2 Å². The van der Waals surface area contributed by atoms with E-state index in [4.69, 9.17) is 34.5 Å². The zero-order valence-electron chi connectivity index (χ0n) is 61.1. The molecule has 12 aromatic carbocycles. The summed E-state index contributed by atoms with van der Waals surface area (Å²) in [6.45, 7) is 5.63. The Hall–Kier alpha value is -12.3. The van der Waals surface area contributed by atoms with Gasteiger partial charge in [0.15, 0.2) is 0 Å². The van der Waals surface area contributed by atoms with E-state index in [1.54, 1.807) is 6.07 Å². The highest BCUT2D eigenvalue weighted by Crippen LogP contribution is 2.41. The molecule has 0 spiro atoms. The fourth-order valence-corrected chi connectivity index (χ4v) is 12.8. The van der Waals surface area contributed by atoms with Gasteiger partial charge < -0.3 is 44.7 Å². The van der Waals surface area contributed by atoms with Gasteiger partial charge in [-0.05, 0) is 124 Å². The van der Waals surface area contributed by atoms with Gasteiger partial charge in [0, 0.05) is 0 Å². The molecular formula is C92H92N4O12. The van der Waals surface area contributed by atoms with Gasteiger partial charge in [-0.2, -0.15) is 0 Å². The zero-order chi connectivity index (χ0) is 76.6. The predicted octanol–water partition coefficient (Wildman–Crippen LogP) is 14.8. The third kappa shape index (κ3) is 21.0. The number of carboxylic acid groups (broad SMARTS) is 2. The number of rotatable bonds is 29. The van der Waals surface area contributed by atoms with Crippen LogP contribution < -0.4 is 35.9 Å². The van der Waals surface area contributed by atoms with Crippen LogP contribution in [0.5, 0.6) is 17.2 Å². The lowest BCUT2D eigenvalue weighted by Crippen LogP contribution is -2.55. The maximum Gasteiger partial charge on any atom is 0.326 e. The summed E-state index contributed by atoms with van der Waals surface area (Å²) in [5.41, 5.74) is 14.7. The van der Waals surface area contributed by atoms with Crippen LogP contribution >= 0.6 is 0 Å². The Kier molecular flexibility index (Phi) is 29.8. The van der Waals surface area contributed by atoms with Crippen LogP contribution in [0.15, 0.2) is 346 Å². The first-order valence-corrected chi connectivity index (χ1v) is 35.4. The molecule has 8 N–H and O–H groups in total. The monoisotopic (exact) mass is 1440 g/mol. The van der Waals surface area contributed by atoms with Crippen LogP contribution in [0.2, 0.25) is 0 Å². The fourth-order valence-electron chi connectivity index (χ4n) is 12.8. The van der Waals surface area contributed by atoms with E-state index in [0.717, 1.165) is 66.8 Å². The number of ether oxygens (including phenoxy) is 5. The van der Waals surface area contributed by atoms with Crippen molar-refractivity contribution in [2.24, 2.45) is 5.73 Å². The number of nitrogens with two attached hydrogens (primary N) is 1. The molecule has 4 atom stereocenters. The average Bonchev–Trinajstić information content (AvgIpc) is 0.765. The van der Waals surface area contributed by atoms with E-state index in [1.807, 2.05) is 324 Å². The lowest BCUT2D eigenvalue weighted by molar-refractivity contribution is -0.145. The Labute approximate surface area is 632 Å². The number of carboxylic acids is 2. The summed E-state index contributed by atoms with van der Waals surface area (Å²) in [4.78, 5) is 48.1. The van der Waals surface area contributed by atoms with Crippen LogP contribution in [0.25, 0.3) is 0 Å². The summed E-state index contributed by atoms with van der Waals surface area (Å²) in [5.74, 6) is -0.938. The van der Waals surface area contributed by atoms with Gasteiger partial charge in [0.25, 0.3) is 0 Å². The van der Waals surface area contributed by atoms with Crippen LogP contribution in [0, 0.1) is 20.8 Å². The van der Waals surface area contributed by atoms with Crippen molar-refractivity contribution < 1.29 is 58.2 Å². The van der Waals surface area contributed by atoms with E-state index in [0.29, 0.717) is 17.2 Å². The Bertz CT molecular complexity index is 4400. The molecule has 12 aromatic rings. The number of esters is 2. The van der Waals surface area contributed by atoms with E-state index >= 15 is 0 Å². The second-order valence-electron chi connectivity index (χ2n) is 25.5. The van der Waals surface area contributed by atoms with Gasteiger partial charge in [-0.25, -0.2) is 0 Å². The minimum atomic E-state index is -1.06. The summed E-state index contributed by atoms with van der Waals surface area (Å²) in [6, 6.07) is 109. The molecule has 12 rings (SSSR count). The first kappa shape index (κ1) is 79.8. The van der Waals surface area contributed by atoms with E-state index in [-0.39, 0.29) is 32.4 Å². The molecule has 0 bridgehead atoms. The van der Waals surface area contributed by atoms with E-state index < -0.39 is 58.7 Å². The SMILES string of the molecule is COC(=O)[C@H](CO)NC(c1ccccc1)(c1ccccc1)c1ccccc1.COC(=O)[C@H](COc1cccc(C)c1)NC(c1ccccc1)(c1ccccc1)c1ccccc1.Cc1cccc(OC[C@H](N)C(=O)O)c1.Cc1cccc(OC[C@H](NC(c2ccccc2)(c2ccccc2)c2ccccc2)C(=O)O)c1. The highest BCUT2D eigenvalue weighted by molar-refractivity contribution is 5.77. The van der Waals surface area contributed by atoms with Crippen molar-refractivity contribution in [3.8, 4) is 17.2 Å². The van der Waals surface area contributed by atoms with Crippen molar-refractivity contribution in [1.29, 1.82) is 0 Å². The molecule has 0 aliphatic carbocycles. The molecule has 0 aliphatic heterocycles. The van der Waals surface area contributed by atoms with Gasteiger partial charge in [-0.15, -0.1) is 0 Å². The molecule has 0 aliphatic rings. The second-order valence-corrected chi connectivity index (χ2v) is 25.5. The van der Waals surface area contributed by atoms with Gasteiger partial charge in [0.05, 0.1) is 37.4 Å². The van der Waals surface area contributed by atoms with Gasteiger partial charge in [0.2, 0.25) is 0 Å².